The molecule has 0 aliphatic carbocycles. The maximum absolute atomic E-state index is 9.07. The highest BCUT2D eigenvalue weighted by Gasteiger charge is 2.50. The fraction of sp³-hybridized carbons (Fsp3) is 1.00. The molecule has 2 heterocycles. The van der Waals surface area contributed by atoms with Crippen LogP contribution in [0.15, 0.2) is 0 Å². The highest BCUT2D eigenvalue weighted by molar-refractivity contribution is 4.98. The van der Waals surface area contributed by atoms with E-state index in [2.05, 4.69) is 13.8 Å². The van der Waals surface area contributed by atoms with Gasteiger partial charge in [0.15, 0.2) is 0 Å². The Balaban J connectivity index is 2.08. The van der Waals surface area contributed by atoms with Gasteiger partial charge in [0.25, 0.3) is 0 Å². The minimum Gasteiger partial charge on any atom is -0.394 e. The molecule has 82 valence electrons. The van der Waals surface area contributed by atoms with E-state index in [0.29, 0.717) is 18.4 Å². The van der Waals surface area contributed by atoms with E-state index in [4.69, 9.17) is 14.6 Å². The van der Waals surface area contributed by atoms with Gasteiger partial charge in [0.1, 0.15) is 0 Å². The maximum Gasteiger partial charge on any atom is 0.0973 e. The molecule has 3 nitrogen and oxygen atoms in total. The molecule has 0 bridgehead atoms. The molecule has 1 spiro atoms. The Hall–Kier alpha value is -0.120. The van der Waals surface area contributed by atoms with Crippen LogP contribution in [0.1, 0.15) is 26.7 Å². The van der Waals surface area contributed by atoms with Crippen molar-refractivity contribution in [1.29, 1.82) is 0 Å². The summed E-state index contributed by atoms with van der Waals surface area (Å²) in [5.41, 5.74) is -0.0818. The predicted molar refractivity (Wildman–Crippen MR) is 53.1 cm³/mol. The van der Waals surface area contributed by atoms with Gasteiger partial charge in [0.2, 0.25) is 0 Å². The van der Waals surface area contributed by atoms with E-state index in [1.54, 1.807) is 0 Å². The first-order valence-corrected chi connectivity index (χ1v) is 5.54. The molecule has 1 N–H and O–H groups in total. The third-order valence-corrected chi connectivity index (χ3v) is 3.62. The molecule has 0 aromatic carbocycles. The highest BCUT2D eigenvalue weighted by Crippen LogP contribution is 2.43. The van der Waals surface area contributed by atoms with Crippen molar-refractivity contribution in [1.82, 2.24) is 0 Å². The van der Waals surface area contributed by atoms with Crippen LogP contribution < -0.4 is 0 Å². The number of ether oxygens (including phenoxy) is 2. The lowest BCUT2D eigenvalue weighted by atomic mass is 9.80. The highest BCUT2D eigenvalue weighted by atomic mass is 16.6. The summed E-state index contributed by atoms with van der Waals surface area (Å²) >= 11 is 0. The summed E-state index contributed by atoms with van der Waals surface area (Å²) in [6.07, 6.45) is 2.06. The van der Waals surface area contributed by atoms with Crippen molar-refractivity contribution < 1.29 is 14.6 Å². The van der Waals surface area contributed by atoms with E-state index >= 15 is 0 Å². The van der Waals surface area contributed by atoms with Gasteiger partial charge in [-0.25, -0.2) is 0 Å². The van der Waals surface area contributed by atoms with Gasteiger partial charge in [0.05, 0.1) is 31.5 Å². The predicted octanol–water partition coefficient (Wildman–Crippen LogP) is 1.20. The Labute approximate surface area is 85.4 Å². The number of hydrogen-bond donors (Lipinski definition) is 1. The van der Waals surface area contributed by atoms with Gasteiger partial charge >= 0.3 is 0 Å². The molecule has 0 amide bonds. The molecule has 2 aliphatic rings. The van der Waals surface area contributed by atoms with E-state index in [0.717, 1.165) is 19.4 Å². The largest absolute Gasteiger partial charge is 0.394 e. The van der Waals surface area contributed by atoms with Crippen molar-refractivity contribution in [2.24, 2.45) is 11.8 Å². The fourth-order valence-corrected chi connectivity index (χ4v) is 2.78. The quantitative estimate of drug-likeness (QED) is 0.728. The van der Waals surface area contributed by atoms with Gasteiger partial charge in [-0.3, -0.25) is 0 Å². The molecule has 0 radical (unpaired) electrons. The summed E-state index contributed by atoms with van der Waals surface area (Å²) in [6.45, 7) is 6.11. The smallest absolute Gasteiger partial charge is 0.0973 e. The van der Waals surface area contributed by atoms with E-state index in [1.165, 1.54) is 0 Å². The summed E-state index contributed by atoms with van der Waals surface area (Å²) in [4.78, 5) is 0. The topological polar surface area (TPSA) is 38.7 Å². The first-order chi connectivity index (χ1) is 6.68. The van der Waals surface area contributed by atoms with Gasteiger partial charge < -0.3 is 14.6 Å². The van der Waals surface area contributed by atoms with Crippen LogP contribution in [0.2, 0.25) is 0 Å². The summed E-state index contributed by atoms with van der Waals surface area (Å²) in [5.74, 6) is 1.09. The van der Waals surface area contributed by atoms with Gasteiger partial charge in [-0.05, 0) is 18.8 Å². The van der Waals surface area contributed by atoms with Crippen LogP contribution in [0, 0.1) is 11.8 Å². The maximum atomic E-state index is 9.07. The zero-order valence-electron chi connectivity index (χ0n) is 9.03. The molecule has 2 aliphatic heterocycles. The second-order valence-electron chi connectivity index (χ2n) is 4.89. The molecule has 0 aromatic heterocycles. The Morgan fingerprint density at radius 2 is 2.29 bits per heavy atom. The molecule has 3 heteroatoms. The lowest BCUT2D eigenvalue weighted by Crippen LogP contribution is -2.40. The molecule has 2 fully saturated rings. The fourth-order valence-electron chi connectivity index (χ4n) is 2.78. The average molecular weight is 200 g/mol. The molecule has 0 saturated carbocycles. The van der Waals surface area contributed by atoms with Crippen LogP contribution in [0.5, 0.6) is 0 Å². The number of rotatable bonds is 2. The van der Waals surface area contributed by atoms with Gasteiger partial charge in [0, 0.05) is 5.92 Å². The third-order valence-electron chi connectivity index (χ3n) is 3.62. The summed E-state index contributed by atoms with van der Waals surface area (Å²) in [6, 6.07) is 0. The van der Waals surface area contributed by atoms with E-state index in [1.807, 2.05) is 0 Å². The van der Waals surface area contributed by atoms with Gasteiger partial charge in [-0.1, -0.05) is 13.8 Å². The van der Waals surface area contributed by atoms with Gasteiger partial charge in [-0.15, -0.1) is 0 Å². The average Bonchev–Trinajstić information content (AvgIpc) is 2.74. The summed E-state index contributed by atoms with van der Waals surface area (Å²) in [5, 5.41) is 9.07. The first-order valence-electron chi connectivity index (χ1n) is 5.54. The molecule has 14 heavy (non-hydrogen) atoms. The van der Waals surface area contributed by atoms with Crippen LogP contribution in [0.3, 0.4) is 0 Å². The zero-order chi connectivity index (χ0) is 10.2. The zero-order valence-corrected chi connectivity index (χ0v) is 9.03. The first kappa shape index (κ1) is 10.4. The minimum atomic E-state index is -0.0818. The summed E-state index contributed by atoms with van der Waals surface area (Å²) in [7, 11) is 0. The van der Waals surface area contributed by atoms with Crippen molar-refractivity contribution in [3.05, 3.63) is 0 Å². The third kappa shape index (κ3) is 1.58. The number of aliphatic hydroxyl groups is 1. The normalized spacial score (nSPS) is 42.9. The van der Waals surface area contributed by atoms with E-state index in [9.17, 15) is 0 Å². The van der Waals surface area contributed by atoms with Crippen molar-refractivity contribution in [2.75, 3.05) is 19.8 Å². The number of aliphatic hydroxyl groups excluding tert-OH is 1. The van der Waals surface area contributed by atoms with Crippen LogP contribution in [0.4, 0.5) is 0 Å². The van der Waals surface area contributed by atoms with E-state index in [-0.39, 0.29) is 18.3 Å². The molecule has 2 saturated heterocycles. The van der Waals surface area contributed by atoms with Crippen molar-refractivity contribution in [2.45, 2.75) is 38.4 Å². The van der Waals surface area contributed by atoms with Crippen LogP contribution in [-0.4, -0.2) is 36.6 Å². The molecular weight excluding hydrogens is 180 g/mol. The van der Waals surface area contributed by atoms with Crippen LogP contribution >= 0.6 is 0 Å². The Morgan fingerprint density at radius 1 is 1.50 bits per heavy atom. The second kappa shape index (κ2) is 3.80. The van der Waals surface area contributed by atoms with Crippen molar-refractivity contribution >= 4 is 0 Å². The number of hydrogen-bond acceptors (Lipinski definition) is 3. The van der Waals surface area contributed by atoms with Crippen molar-refractivity contribution in [3.63, 3.8) is 0 Å². The standard InChI is InChI=1S/C11H20O3/c1-8(2)10-6-13-7-11(10)4-3-9(5-12)14-11/h8-10,12H,3-7H2,1-2H3. The minimum absolute atomic E-state index is 0.0398. The SMILES string of the molecule is CC(C)C1COCC12CCC(CO)O2. The Kier molecular flexibility index (Phi) is 2.82. The molecular formula is C11H20O3. The second-order valence-corrected chi connectivity index (χ2v) is 4.89. The monoisotopic (exact) mass is 200 g/mol. The van der Waals surface area contributed by atoms with Gasteiger partial charge in [-0.2, -0.15) is 0 Å². The van der Waals surface area contributed by atoms with Crippen LogP contribution in [-0.2, 0) is 9.47 Å². The molecule has 3 atom stereocenters. The molecule has 0 aromatic rings. The van der Waals surface area contributed by atoms with E-state index < -0.39 is 0 Å². The Morgan fingerprint density at radius 3 is 2.86 bits per heavy atom. The van der Waals surface area contributed by atoms with Crippen LogP contribution in [0.25, 0.3) is 0 Å². The lowest BCUT2D eigenvalue weighted by Gasteiger charge is -2.31. The molecule has 2 rings (SSSR count). The summed E-state index contributed by atoms with van der Waals surface area (Å²) < 4.78 is 11.5. The Bertz CT molecular complexity index is 205. The van der Waals surface area contributed by atoms with Crippen molar-refractivity contribution in [3.8, 4) is 0 Å². The molecule has 3 unspecified atom stereocenters. The lowest BCUT2D eigenvalue weighted by molar-refractivity contribution is -0.0865.